The zero-order valence-electron chi connectivity index (χ0n) is 23.6. The van der Waals surface area contributed by atoms with Crippen LogP contribution in [-0.2, 0) is 27.8 Å². The minimum Gasteiger partial charge on any atom is -0.488 e. The maximum Gasteiger partial charge on any atom is 0.229 e. The van der Waals surface area contributed by atoms with E-state index in [1.165, 1.54) is 16.7 Å². The number of likely N-dealkylation sites (N-methyl/N-ethyl adjacent to an activating group) is 1. The van der Waals surface area contributed by atoms with Gasteiger partial charge in [0.25, 0.3) is 0 Å². The molecule has 0 fully saturated rings. The van der Waals surface area contributed by atoms with E-state index in [-0.39, 0.29) is 37.0 Å². The Balaban J connectivity index is 1.55. The first-order valence-electron chi connectivity index (χ1n) is 13.5. The van der Waals surface area contributed by atoms with E-state index in [1.807, 2.05) is 32.2 Å². The van der Waals surface area contributed by atoms with Crippen molar-refractivity contribution in [1.29, 1.82) is 0 Å². The second-order valence-corrected chi connectivity index (χ2v) is 12.6. The Morgan fingerprint density at radius 2 is 1.75 bits per heavy atom. The van der Waals surface area contributed by atoms with Crippen LogP contribution < -0.4 is 9.46 Å². The predicted molar refractivity (Wildman–Crippen MR) is 159 cm³/mol. The van der Waals surface area contributed by atoms with E-state index in [1.54, 1.807) is 23.1 Å². The number of hydrogen-bond donors (Lipinski definition) is 2. The van der Waals surface area contributed by atoms with Crippen LogP contribution in [-0.4, -0.2) is 74.4 Å². The van der Waals surface area contributed by atoms with Crippen LogP contribution in [0.1, 0.15) is 25.0 Å². The lowest BCUT2D eigenvalue weighted by atomic mass is 10.0. The number of anilines is 1. The average Bonchev–Trinajstić information content (AvgIpc) is 2.96. The molecule has 0 radical (unpaired) electrons. The van der Waals surface area contributed by atoms with Crippen LogP contribution in [0.25, 0.3) is 11.1 Å². The van der Waals surface area contributed by atoms with Crippen LogP contribution in [0, 0.1) is 5.92 Å². The van der Waals surface area contributed by atoms with Gasteiger partial charge in [0, 0.05) is 36.8 Å². The number of nitrogens with one attached hydrogen (secondary N) is 1. The predicted octanol–water partition coefficient (Wildman–Crippen LogP) is 4.01. The fourth-order valence-electron chi connectivity index (χ4n) is 5.04. The van der Waals surface area contributed by atoms with Crippen molar-refractivity contribution in [3.8, 4) is 16.9 Å². The van der Waals surface area contributed by atoms with Crippen molar-refractivity contribution in [2.75, 3.05) is 37.7 Å². The Kier molecular flexibility index (Phi) is 9.50. The second kappa shape index (κ2) is 12.8. The SMILES string of the molecule is C[C@@H]1CN([C@H](C)CO)C(=O)Cc2cc(NS(C)(=O)=O)ccc2O[C@H]1CN(C)Cc1ccc(-c2ccccc2)cc1. The molecule has 1 heterocycles. The topological polar surface area (TPSA) is 99.2 Å². The molecule has 0 unspecified atom stereocenters. The van der Waals surface area contributed by atoms with Gasteiger partial charge in [0.2, 0.25) is 15.9 Å². The molecule has 8 nitrogen and oxygen atoms in total. The normalized spacial score (nSPS) is 18.8. The third-order valence-corrected chi connectivity index (χ3v) is 7.83. The van der Waals surface area contributed by atoms with Gasteiger partial charge >= 0.3 is 0 Å². The van der Waals surface area contributed by atoms with Gasteiger partial charge in [-0.2, -0.15) is 0 Å². The van der Waals surface area contributed by atoms with Crippen LogP contribution in [0.4, 0.5) is 5.69 Å². The van der Waals surface area contributed by atoms with Gasteiger partial charge in [0.1, 0.15) is 11.9 Å². The lowest BCUT2D eigenvalue weighted by Crippen LogP contribution is -2.47. The van der Waals surface area contributed by atoms with Gasteiger partial charge in [-0.15, -0.1) is 0 Å². The number of fused-ring (bicyclic) bond motifs is 1. The van der Waals surface area contributed by atoms with E-state index < -0.39 is 10.0 Å². The lowest BCUT2D eigenvalue weighted by Gasteiger charge is -2.34. The summed E-state index contributed by atoms with van der Waals surface area (Å²) in [6.45, 7) is 5.51. The number of carbonyl (C=O) groups is 1. The molecule has 0 bridgehead atoms. The van der Waals surface area contributed by atoms with Crippen molar-refractivity contribution < 1.29 is 23.1 Å². The summed E-state index contributed by atoms with van der Waals surface area (Å²) in [6.07, 6.45) is 0.881. The van der Waals surface area contributed by atoms with Crippen molar-refractivity contribution in [2.45, 2.75) is 39.0 Å². The lowest BCUT2D eigenvalue weighted by molar-refractivity contribution is -0.134. The Morgan fingerprint density at radius 3 is 2.40 bits per heavy atom. The summed E-state index contributed by atoms with van der Waals surface area (Å²) in [6, 6.07) is 23.5. The smallest absolute Gasteiger partial charge is 0.229 e. The zero-order valence-corrected chi connectivity index (χ0v) is 24.4. The zero-order chi connectivity index (χ0) is 28.9. The highest BCUT2D eigenvalue weighted by molar-refractivity contribution is 7.92. The molecule has 1 amide bonds. The average molecular weight is 566 g/mol. The molecular weight excluding hydrogens is 526 g/mol. The van der Waals surface area contributed by atoms with Gasteiger partial charge < -0.3 is 14.7 Å². The number of benzene rings is 3. The highest BCUT2D eigenvalue weighted by Crippen LogP contribution is 2.30. The molecule has 0 saturated heterocycles. The van der Waals surface area contributed by atoms with E-state index in [9.17, 15) is 18.3 Å². The molecule has 1 aliphatic heterocycles. The van der Waals surface area contributed by atoms with E-state index >= 15 is 0 Å². The Bertz CT molecular complexity index is 1400. The summed E-state index contributed by atoms with van der Waals surface area (Å²) >= 11 is 0. The molecule has 3 atom stereocenters. The maximum absolute atomic E-state index is 13.3. The summed E-state index contributed by atoms with van der Waals surface area (Å²) in [4.78, 5) is 17.2. The molecule has 0 aromatic heterocycles. The molecule has 40 heavy (non-hydrogen) atoms. The Labute approximate surface area is 237 Å². The molecule has 0 aliphatic carbocycles. The third kappa shape index (κ3) is 7.84. The summed E-state index contributed by atoms with van der Waals surface area (Å²) in [5, 5.41) is 9.85. The first-order chi connectivity index (χ1) is 19.0. The highest BCUT2D eigenvalue weighted by Gasteiger charge is 2.31. The van der Waals surface area contributed by atoms with Crippen LogP contribution in [0.2, 0.25) is 0 Å². The third-order valence-electron chi connectivity index (χ3n) is 7.22. The van der Waals surface area contributed by atoms with E-state index in [0.29, 0.717) is 30.1 Å². The van der Waals surface area contributed by atoms with Crippen molar-refractivity contribution in [3.63, 3.8) is 0 Å². The number of rotatable bonds is 9. The van der Waals surface area contributed by atoms with Crippen molar-refractivity contribution in [2.24, 2.45) is 5.92 Å². The monoisotopic (exact) mass is 565 g/mol. The fraction of sp³-hybridized carbons (Fsp3) is 0.387. The summed E-state index contributed by atoms with van der Waals surface area (Å²) < 4.78 is 32.6. The molecule has 0 saturated carbocycles. The minimum absolute atomic E-state index is 0.0272. The van der Waals surface area contributed by atoms with E-state index in [4.69, 9.17) is 4.74 Å². The van der Waals surface area contributed by atoms with Gasteiger partial charge in [0.05, 0.1) is 25.3 Å². The second-order valence-electron chi connectivity index (χ2n) is 10.8. The quantitative estimate of drug-likeness (QED) is 0.407. The van der Waals surface area contributed by atoms with E-state index in [2.05, 4.69) is 52.9 Å². The first-order valence-corrected chi connectivity index (χ1v) is 15.4. The first kappa shape index (κ1) is 29.6. The van der Waals surface area contributed by atoms with Crippen LogP contribution in [0.5, 0.6) is 5.75 Å². The molecule has 0 spiro atoms. The number of hydrogen-bond acceptors (Lipinski definition) is 6. The summed E-state index contributed by atoms with van der Waals surface area (Å²) in [5.41, 5.74) is 4.51. The van der Waals surface area contributed by atoms with Gasteiger partial charge in [-0.3, -0.25) is 14.4 Å². The number of sulfonamides is 1. The van der Waals surface area contributed by atoms with Crippen LogP contribution in [0.15, 0.2) is 72.8 Å². The van der Waals surface area contributed by atoms with Crippen molar-refractivity contribution in [1.82, 2.24) is 9.80 Å². The number of aliphatic hydroxyl groups excluding tert-OH is 1. The molecule has 4 rings (SSSR count). The fourth-order valence-corrected chi connectivity index (χ4v) is 5.60. The molecular formula is C31H39N3O5S. The standard InChI is InChI=1S/C31H39N3O5S/c1-22-18-34(23(2)21-35)31(36)17-27-16-28(32-40(4,37)38)14-15-29(27)39-30(22)20-33(3)19-24-10-12-26(13-11-24)25-8-6-5-7-9-25/h5-16,22-23,30,32,35H,17-21H2,1-4H3/t22-,23-,30+/m1/s1. The van der Waals surface area contributed by atoms with Crippen molar-refractivity contribution >= 4 is 21.6 Å². The highest BCUT2D eigenvalue weighted by atomic mass is 32.2. The molecule has 3 aromatic rings. The molecule has 1 aliphatic rings. The van der Waals surface area contributed by atoms with Gasteiger partial charge in [-0.25, -0.2) is 8.42 Å². The molecule has 2 N–H and O–H groups in total. The Hall–Kier alpha value is -3.40. The number of amides is 1. The molecule has 3 aromatic carbocycles. The number of carbonyl (C=O) groups excluding carboxylic acids is 1. The largest absolute Gasteiger partial charge is 0.488 e. The summed E-state index contributed by atoms with van der Waals surface area (Å²) in [5.74, 6) is 0.395. The summed E-state index contributed by atoms with van der Waals surface area (Å²) in [7, 11) is -1.43. The van der Waals surface area contributed by atoms with Crippen LogP contribution >= 0.6 is 0 Å². The van der Waals surface area contributed by atoms with Crippen molar-refractivity contribution in [3.05, 3.63) is 83.9 Å². The van der Waals surface area contributed by atoms with E-state index in [0.717, 1.165) is 12.8 Å². The molecule has 9 heteroatoms. The maximum atomic E-state index is 13.3. The van der Waals surface area contributed by atoms with Gasteiger partial charge in [-0.1, -0.05) is 61.5 Å². The van der Waals surface area contributed by atoms with Crippen LogP contribution in [0.3, 0.4) is 0 Å². The Morgan fingerprint density at radius 1 is 1.07 bits per heavy atom. The number of nitrogens with zero attached hydrogens (tertiary/aromatic N) is 2. The van der Waals surface area contributed by atoms with Gasteiger partial charge in [0.15, 0.2) is 0 Å². The minimum atomic E-state index is -3.48. The number of aliphatic hydroxyl groups is 1. The molecule has 214 valence electrons. The van der Waals surface area contributed by atoms with Gasteiger partial charge in [-0.05, 0) is 48.9 Å². The number of ether oxygens (including phenoxy) is 1.